The fourth-order valence-electron chi connectivity index (χ4n) is 4.31. The number of sulfonamides is 1. The Balaban J connectivity index is 1.40. The van der Waals surface area contributed by atoms with Crippen LogP contribution < -0.4 is 10.2 Å². The molecular formula is C20H23N5O3S. The van der Waals surface area contributed by atoms with Crippen molar-refractivity contribution in [2.75, 3.05) is 29.6 Å². The Morgan fingerprint density at radius 3 is 2.45 bits per heavy atom. The van der Waals surface area contributed by atoms with Crippen molar-refractivity contribution in [2.45, 2.75) is 37.1 Å². The molecule has 1 N–H and O–H groups in total. The summed E-state index contributed by atoms with van der Waals surface area (Å²) in [6.45, 7) is 0.971. The smallest absolute Gasteiger partial charge is 0.243 e. The van der Waals surface area contributed by atoms with E-state index in [2.05, 4.69) is 10.3 Å². The highest BCUT2D eigenvalue weighted by atomic mass is 32.2. The highest BCUT2D eigenvalue weighted by molar-refractivity contribution is 7.88. The van der Waals surface area contributed by atoms with E-state index in [1.807, 2.05) is 30.3 Å². The van der Waals surface area contributed by atoms with E-state index >= 15 is 0 Å². The summed E-state index contributed by atoms with van der Waals surface area (Å²) in [6, 6.07) is 9.68. The Morgan fingerprint density at radius 1 is 1.14 bits per heavy atom. The number of para-hydroxylation sites is 1. The number of fused-ring (bicyclic) bond motifs is 2. The first-order valence-corrected chi connectivity index (χ1v) is 11.7. The molecule has 152 valence electrons. The van der Waals surface area contributed by atoms with Gasteiger partial charge in [0.05, 0.1) is 17.4 Å². The van der Waals surface area contributed by atoms with Gasteiger partial charge in [0.1, 0.15) is 5.82 Å². The van der Waals surface area contributed by atoms with Crippen LogP contribution in [0.2, 0.25) is 0 Å². The fourth-order valence-corrected chi connectivity index (χ4v) is 5.19. The maximum absolute atomic E-state index is 13.2. The second kappa shape index (κ2) is 6.50. The largest absolute Gasteiger partial charge is 0.351 e. The highest BCUT2D eigenvalue weighted by Crippen LogP contribution is 2.58. The number of amides is 1. The predicted molar refractivity (Wildman–Crippen MR) is 110 cm³/mol. The van der Waals surface area contributed by atoms with Gasteiger partial charge >= 0.3 is 0 Å². The Hall–Kier alpha value is -2.52. The third-order valence-corrected chi connectivity index (χ3v) is 7.43. The van der Waals surface area contributed by atoms with Gasteiger partial charge in [0, 0.05) is 30.9 Å². The predicted octanol–water partition coefficient (Wildman–Crippen LogP) is 2.02. The molecule has 2 aromatic rings. The zero-order valence-corrected chi connectivity index (χ0v) is 17.0. The molecule has 0 bridgehead atoms. The van der Waals surface area contributed by atoms with E-state index in [0.717, 1.165) is 24.1 Å². The lowest BCUT2D eigenvalue weighted by molar-refractivity contribution is -0.119. The average molecular weight is 414 g/mol. The Kier molecular flexibility index (Phi) is 4.15. The molecule has 8 nitrogen and oxygen atoms in total. The minimum absolute atomic E-state index is 0.0756. The molecule has 29 heavy (non-hydrogen) atoms. The Morgan fingerprint density at radius 2 is 1.83 bits per heavy atom. The number of carbonyl (C=O) groups excluding carboxylic acids is 1. The van der Waals surface area contributed by atoms with Gasteiger partial charge in [-0.15, -0.1) is 0 Å². The lowest BCUT2D eigenvalue weighted by Gasteiger charge is -2.30. The summed E-state index contributed by atoms with van der Waals surface area (Å²) < 4.78 is 24.9. The second-order valence-corrected chi connectivity index (χ2v) is 10.1. The van der Waals surface area contributed by atoms with Crippen LogP contribution in [-0.4, -0.2) is 54.0 Å². The van der Waals surface area contributed by atoms with Crippen molar-refractivity contribution in [3.63, 3.8) is 0 Å². The lowest BCUT2D eigenvalue weighted by atomic mass is 10.0. The molecule has 1 amide bonds. The SMILES string of the molecule is CS(=O)(=O)N1CCC(Nc2ncc3c(n2)N(c2ccccc2)C(=O)C32CC2)CC1. The highest BCUT2D eigenvalue weighted by Gasteiger charge is 2.60. The Labute approximate surface area is 170 Å². The van der Waals surface area contributed by atoms with Gasteiger partial charge in [-0.3, -0.25) is 9.69 Å². The molecule has 1 aromatic carbocycles. The minimum Gasteiger partial charge on any atom is -0.351 e. The molecule has 5 rings (SSSR count). The van der Waals surface area contributed by atoms with Crippen molar-refractivity contribution in [3.05, 3.63) is 42.1 Å². The molecule has 3 aliphatic rings. The van der Waals surface area contributed by atoms with Crippen LogP contribution in [0.25, 0.3) is 0 Å². The summed E-state index contributed by atoms with van der Waals surface area (Å²) in [7, 11) is -3.15. The van der Waals surface area contributed by atoms with Crippen molar-refractivity contribution in [2.24, 2.45) is 0 Å². The number of piperidine rings is 1. The van der Waals surface area contributed by atoms with Crippen LogP contribution in [0, 0.1) is 0 Å². The third-order valence-electron chi connectivity index (χ3n) is 6.13. The Bertz CT molecular complexity index is 1060. The number of anilines is 3. The molecule has 1 saturated heterocycles. The number of nitrogens with one attached hydrogen (secondary N) is 1. The summed E-state index contributed by atoms with van der Waals surface area (Å²) in [5.74, 6) is 1.21. The standard InChI is InChI=1S/C20H23N5O3S/c1-29(27,28)24-11-7-14(8-12-24)22-19-21-13-16-17(23-19)25(15-5-3-2-4-6-15)18(26)20(16)9-10-20/h2-6,13-14H,7-12H2,1H3,(H,21,22,23). The summed E-state index contributed by atoms with van der Waals surface area (Å²) in [4.78, 5) is 24.1. The van der Waals surface area contributed by atoms with Gasteiger partial charge in [-0.2, -0.15) is 4.98 Å². The van der Waals surface area contributed by atoms with Crippen LogP contribution >= 0.6 is 0 Å². The topological polar surface area (TPSA) is 95.5 Å². The third kappa shape index (κ3) is 3.08. The van der Waals surface area contributed by atoms with Crippen LogP contribution in [0.4, 0.5) is 17.5 Å². The van der Waals surface area contributed by atoms with Gasteiger partial charge in [0.2, 0.25) is 21.9 Å². The van der Waals surface area contributed by atoms with Crippen molar-refractivity contribution in [1.82, 2.24) is 14.3 Å². The molecule has 3 heterocycles. The number of aromatic nitrogens is 2. The van der Waals surface area contributed by atoms with Crippen LogP contribution in [0.1, 0.15) is 31.2 Å². The molecule has 9 heteroatoms. The normalized spacial score (nSPS) is 21.4. The molecule has 0 radical (unpaired) electrons. The van der Waals surface area contributed by atoms with Gasteiger partial charge in [-0.25, -0.2) is 17.7 Å². The molecule has 2 fully saturated rings. The lowest BCUT2D eigenvalue weighted by Crippen LogP contribution is -2.42. The number of hydrogen-bond donors (Lipinski definition) is 1. The van der Waals surface area contributed by atoms with Crippen molar-refractivity contribution in [3.8, 4) is 0 Å². The van der Waals surface area contributed by atoms with Gasteiger partial charge in [0.15, 0.2) is 0 Å². The second-order valence-electron chi connectivity index (χ2n) is 8.07. The first-order chi connectivity index (χ1) is 13.9. The fraction of sp³-hybridized carbons (Fsp3) is 0.450. The maximum Gasteiger partial charge on any atom is 0.243 e. The average Bonchev–Trinajstić information content (AvgIpc) is 3.46. The van der Waals surface area contributed by atoms with Crippen molar-refractivity contribution >= 4 is 33.4 Å². The first kappa shape index (κ1) is 18.5. The minimum atomic E-state index is -3.15. The first-order valence-electron chi connectivity index (χ1n) is 9.87. The molecule has 1 spiro atoms. The van der Waals surface area contributed by atoms with Crippen LogP contribution in [0.15, 0.2) is 36.5 Å². The zero-order chi connectivity index (χ0) is 20.2. The summed E-state index contributed by atoms with van der Waals surface area (Å²) in [5.41, 5.74) is 1.27. The van der Waals surface area contributed by atoms with E-state index in [1.54, 1.807) is 11.1 Å². The summed E-state index contributed by atoms with van der Waals surface area (Å²) >= 11 is 0. The maximum atomic E-state index is 13.2. The van der Waals surface area contributed by atoms with Crippen LogP contribution in [0.3, 0.4) is 0 Å². The van der Waals surface area contributed by atoms with Crippen LogP contribution in [-0.2, 0) is 20.2 Å². The molecule has 1 aliphatic carbocycles. The van der Waals surface area contributed by atoms with E-state index in [4.69, 9.17) is 4.98 Å². The van der Waals surface area contributed by atoms with Crippen LogP contribution in [0.5, 0.6) is 0 Å². The van der Waals surface area contributed by atoms with E-state index in [-0.39, 0.29) is 11.9 Å². The van der Waals surface area contributed by atoms with E-state index in [9.17, 15) is 13.2 Å². The summed E-state index contributed by atoms with van der Waals surface area (Å²) in [6.07, 6.45) is 6.08. The molecule has 2 aliphatic heterocycles. The number of benzene rings is 1. The molecule has 1 aromatic heterocycles. The van der Waals surface area contributed by atoms with E-state index in [0.29, 0.717) is 37.7 Å². The molecule has 0 unspecified atom stereocenters. The van der Waals surface area contributed by atoms with Crippen molar-refractivity contribution < 1.29 is 13.2 Å². The van der Waals surface area contributed by atoms with E-state index in [1.165, 1.54) is 10.6 Å². The quantitative estimate of drug-likeness (QED) is 0.824. The number of nitrogens with zero attached hydrogens (tertiary/aromatic N) is 4. The van der Waals surface area contributed by atoms with Gasteiger partial charge in [-0.05, 0) is 37.8 Å². The van der Waals surface area contributed by atoms with Gasteiger partial charge in [-0.1, -0.05) is 18.2 Å². The zero-order valence-electron chi connectivity index (χ0n) is 16.2. The van der Waals surface area contributed by atoms with Gasteiger partial charge in [0.25, 0.3) is 0 Å². The molecule has 1 saturated carbocycles. The number of carbonyl (C=O) groups is 1. The molecule has 0 atom stereocenters. The molecular weight excluding hydrogens is 390 g/mol. The monoisotopic (exact) mass is 413 g/mol. The number of rotatable bonds is 4. The summed E-state index contributed by atoms with van der Waals surface area (Å²) in [5, 5.41) is 3.34. The van der Waals surface area contributed by atoms with Crippen molar-refractivity contribution in [1.29, 1.82) is 0 Å². The van der Waals surface area contributed by atoms with E-state index < -0.39 is 15.4 Å². The number of hydrogen-bond acceptors (Lipinski definition) is 6. The van der Waals surface area contributed by atoms with Gasteiger partial charge < -0.3 is 5.32 Å².